The molecule has 20 heavy (non-hydrogen) atoms. The number of likely N-dealkylation sites (tertiary alicyclic amines) is 1. The molecule has 1 aromatic rings. The van der Waals surface area contributed by atoms with E-state index < -0.39 is 4.92 Å². The second-order valence-corrected chi connectivity index (χ2v) is 5.07. The number of nitrogens with one attached hydrogen (secondary N) is 1. The zero-order valence-electron chi connectivity index (χ0n) is 11.5. The summed E-state index contributed by atoms with van der Waals surface area (Å²) in [6.07, 6.45) is 3.50. The molecule has 1 aromatic carbocycles. The zero-order chi connectivity index (χ0) is 14.5. The molecule has 1 atom stereocenters. The quantitative estimate of drug-likeness (QED) is 0.677. The molecule has 0 saturated carbocycles. The molecule has 0 radical (unpaired) electrons. The van der Waals surface area contributed by atoms with Crippen LogP contribution < -0.4 is 5.32 Å². The predicted octanol–water partition coefficient (Wildman–Crippen LogP) is 2.41. The van der Waals surface area contributed by atoms with Crippen molar-refractivity contribution in [1.29, 1.82) is 0 Å². The number of nitrogens with zero attached hydrogens (tertiary/aromatic N) is 2. The standard InChI is InChI=1S/C14H19N3O3/c1-11(16-9-3-2-4-10-16)14(18)15-12-5-7-13(8-6-12)17(19)20/h5-8,11H,2-4,9-10H2,1H3,(H,15,18). The van der Waals surface area contributed by atoms with Crippen LogP contribution in [0.15, 0.2) is 24.3 Å². The monoisotopic (exact) mass is 277 g/mol. The lowest BCUT2D eigenvalue weighted by molar-refractivity contribution is -0.384. The van der Waals surface area contributed by atoms with E-state index in [-0.39, 0.29) is 17.6 Å². The van der Waals surface area contributed by atoms with E-state index >= 15 is 0 Å². The fourth-order valence-corrected chi connectivity index (χ4v) is 2.38. The fraction of sp³-hybridized carbons (Fsp3) is 0.500. The Bertz CT molecular complexity index is 481. The van der Waals surface area contributed by atoms with Gasteiger partial charge in [0.15, 0.2) is 0 Å². The van der Waals surface area contributed by atoms with Gasteiger partial charge in [0.2, 0.25) is 5.91 Å². The first-order chi connectivity index (χ1) is 9.58. The number of nitro benzene ring substituents is 1. The minimum Gasteiger partial charge on any atom is -0.325 e. The van der Waals surface area contributed by atoms with Gasteiger partial charge in [-0.2, -0.15) is 0 Å². The summed E-state index contributed by atoms with van der Waals surface area (Å²) in [5.41, 5.74) is 0.608. The van der Waals surface area contributed by atoms with E-state index in [2.05, 4.69) is 10.2 Å². The van der Waals surface area contributed by atoms with Crippen molar-refractivity contribution in [2.24, 2.45) is 0 Å². The van der Waals surface area contributed by atoms with Crippen LogP contribution in [0.25, 0.3) is 0 Å². The molecule has 0 spiro atoms. The Morgan fingerprint density at radius 2 is 1.85 bits per heavy atom. The topological polar surface area (TPSA) is 75.5 Å². The van der Waals surface area contributed by atoms with E-state index in [0.717, 1.165) is 25.9 Å². The normalized spacial score (nSPS) is 17.4. The van der Waals surface area contributed by atoms with E-state index in [0.29, 0.717) is 5.69 Å². The van der Waals surface area contributed by atoms with Crippen LogP contribution in [0.5, 0.6) is 0 Å². The number of amides is 1. The lowest BCUT2D eigenvalue weighted by atomic mass is 10.1. The number of anilines is 1. The van der Waals surface area contributed by atoms with Gasteiger partial charge in [0.1, 0.15) is 0 Å². The number of carbonyl (C=O) groups is 1. The van der Waals surface area contributed by atoms with Gasteiger partial charge in [-0.25, -0.2) is 0 Å². The molecule has 6 heteroatoms. The maximum absolute atomic E-state index is 12.1. The number of nitro groups is 1. The summed E-state index contributed by atoms with van der Waals surface area (Å²) in [6, 6.07) is 5.71. The molecule has 1 unspecified atom stereocenters. The average molecular weight is 277 g/mol. The van der Waals surface area contributed by atoms with E-state index in [1.165, 1.54) is 18.6 Å². The lowest BCUT2D eigenvalue weighted by Crippen LogP contribution is -2.44. The van der Waals surface area contributed by atoms with Crippen LogP contribution in [0.4, 0.5) is 11.4 Å². The van der Waals surface area contributed by atoms with Gasteiger partial charge in [0.25, 0.3) is 5.69 Å². The van der Waals surface area contributed by atoms with Crippen LogP contribution in [-0.4, -0.2) is 34.9 Å². The van der Waals surface area contributed by atoms with Crippen LogP contribution in [0.3, 0.4) is 0 Å². The molecule has 1 heterocycles. The van der Waals surface area contributed by atoms with Crippen molar-refractivity contribution in [3.05, 3.63) is 34.4 Å². The second kappa shape index (κ2) is 6.47. The lowest BCUT2D eigenvalue weighted by Gasteiger charge is -2.31. The number of piperidine rings is 1. The molecule has 0 aromatic heterocycles. The molecule has 108 valence electrons. The van der Waals surface area contributed by atoms with Gasteiger partial charge in [-0.1, -0.05) is 6.42 Å². The predicted molar refractivity (Wildman–Crippen MR) is 76.6 cm³/mol. The molecule has 1 aliphatic heterocycles. The zero-order valence-corrected chi connectivity index (χ0v) is 11.5. The largest absolute Gasteiger partial charge is 0.325 e. The minimum atomic E-state index is -0.456. The highest BCUT2D eigenvalue weighted by molar-refractivity contribution is 5.94. The molecule has 1 fully saturated rings. The van der Waals surface area contributed by atoms with Crippen molar-refractivity contribution in [2.45, 2.75) is 32.2 Å². The number of rotatable bonds is 4. The maximum atomic E-state index is 12.1. The Morgan fingerprint density at radius 3 is 2.40 bits per heavy atom. The smallest absolute Gasteiger partial charge is 0.269 e. The third-order valence-corrected chi connectivity index (χ3v) is 3.66. The molecular weight excluding hydrogens is 258 g/mol. The van der Waals surface area contributed by atoms with E-state index in [1.807, 2.05) is 6.92 Å². The van der Waals surface area contributed by atoms with Crippen molar-refractivity contribution >= 4 is 17.3 Å². The maximum Gasteiger partial charge on any atom is 0.269 e. The highest BCUT2D eigenvalue weighted by atomic mass is 16.6. The highest BCUT2D eigenvalue weighted by Gasteiger charge is 2.22. The molecule has 6 nitrogen and oxygen atoms in total. The molecule has 2 rings (SSSR count). The van der Waals surface area contributed by atoms with Crippen molar-refractivity contribution in [2.75, 3.05) is 18.4 Å². The summed E-state index contributed by atoms with van der Waals surface area (Å²) in [5.74, 6) is -0.0687. The number of non-ortho nitro benzene ring substituents is 1. The Labute approximate surface area is 117 Å². The van der Waals surface area contributed by atoms with Gasteiger partial charge in [0, 0.05) is 17.8 Å². The van der Waals surface area contributed by atoms with Gasteiger partial charge >= 0.3 is 0 Å². The second-order valence-electron chi connectivity index (χ2n) is 5.07. The van der Waals surface area contributed by atoms with Gasteiger partial charge < -0.3 is 5.32 Å². The fourth-order valence-electron chi connectivity index (χ4n) is 2.38. The van der Waals surface area contributed by atoms with Crippen LogP contribution in [0.1, 0.15) is 26.2 Å². The Hall–Kier alpha value is -1.95. The summed E-state index contributed by atoms with van der Waals surface area (Å²) >= 11 is 0. The van der Waals surface area contributed by atoms with E-state index in [1.54, 1.807) is 12.1 Å². The number of hydrogen-bond donors (Lipinski definition) is 1. The van der Waals surface area contributed by atoms with Gasteiger partial charge in [-0.15, -0.1) is 0 Å². The number of hydrogen-bond acceptors (Lipinski definition) is 4. The van der Waals surface area contributed by atoms with Crippen LogP contribution in [0, 0.1) is 10.1 Å². The first-order valence-corrected chi connectivity index (χ1v) is 6.87. The Balaban J connectivity index is 1.94. The minimum absolute atomic E-state index is 0.0204. The van der Waals surface area contributed by atoms with Gasteiger partial charge in [0.05, 0.1) is 11.0 Å². The molecule has 0 bridgehead atoms. The van der Waals surface area contributed by atoms with Crippen molar-refractivity contribution in [1.82, 2.24) is 4.90 Å². The molecule has 0 aliphatic carbocycles. The molecular formula is C14H19N3O3. The third-order valence-electron chi connectivity index (χ3n) is 3.66. The number of benzene rings is 1. The summed E-state index contributed by atoms with van der Waals surface area (Å²) in [4.78, 5) is 24.4. The highest BCUT2D eigenvalue weighted by Crippen LogP contribution is 2.17. The summed E-state index contributed by atoms with van der Waals surface area (Å²) in [6.45, 7) is 3.80. The van der Waals surface area contributed by atoms with Crippen molar-refractivity contribution in [3.8, 4) is 0 Å². The summed E-state index contributed by atoms with van der Waals surface area (Å²) in [5, 5.41) is 13.4. The average Bonchev–Trinajstić information content (AvgIpc) is 2.48. The molecule has 1 amide bonds. The Morgan fingerprint density at radius 1 is 1.25 bits per heavy atom. The Kier molecular flexibility index (Phi) is 4.68. The molecule has 1 N–H and O–H groups in total. The van der Waals surface area contributed by atoms with Crippen molar-refractivity contribution in [3.63, 3.8) is 0 Å². The summed E-state index contributed by atoms with van der Waals surface area (Å²) in [7, 11) is 0. The first kappa shape index (κ1) is 14.5. The number of carbonyl (C=O) groups excluding carboxylic acids is 1. The van der Waals surface area contributed by atoms with E-state index in [4.69, 9.17) is 0 Å². The van der Waals surface area contributed by atoms with Gasteiger partial charge in [-0.3, -0.25) is 19.8 Å². The van der Waals surface area contributed by atoms with Crippen molar-refractivity contribution < 1.29 is 9.72 Å². The van der Waals surface area contributed by atoms with E-state index in [9.17, 15) is 14.9 Å². The van der Waals surface area contributed by atoms with Gasteiger partial charge in [-0.05, 0) is 45.0 Å². The van der Waals surface area contributed by atoms with Crippen LogP contribution in [-0.2, 0) is 4.79 Å². The van der Waals surface area contributed by atoms with Crippen LogP contribution in [0.2, 0.25) is 0 Å². The molecule has 1 saturated heterocycles. The van der Waals surface area contributed by atoms with Crippen LogP contribution >= 0.6 is 0 Å². The molecule has 1 aliphatic rings. The third kappa shape index (κ3) is 3.54. The summed E-state index contributed by atoms with van der Waals surface area (Å²) < 4.78 is 0. The first-order valence-electron chi connectivity index (χ1n) is 6.87. The SMILES string of the molecule is CC(C(=O)Nc1ccc([N+](=O)[O-])cc1)N1CCCCC1.